The molecule has 0 amide bonds. The van der Waals surface area contributed by atoms with E-state index in [4.69, 9.17) is 4.74 Å². The molecule has 1 heterocycles. The number of hydrogen-bond acceptors (Lipinski definition) is 3. The van der Waals surface area contributed by atoms with Crippen molar-refractivity contribution in [1.29, 1.82) is 0 Å². The number of rotatable bonds is 4. The van der Waals surface area contributed by atoms with Gasteiger partial charge < -0.3 is 4.74 Å². The van der Waals surface area contributed by atoms with E-state index in [1.807, 2.05) is 6.92 Å². The molecule has 112 valence electrons. The lowest BCUT2D eigenvalue weighted by molar-refractivity contribution is 0.00397. The van der Waals surface area contributed by atoms with Gasteiger partial charge in [0.25, 0.3) is 0 Å². The Hall–Kier alpha value is -1.05. The molecule has 0 radical (unpaired) electrons. The molecular formula is C13H17F2NO3S. The molecule has 2 unspecified atom stereocenters. The molecule has 0 aliphatic carbocycles. The van der Waals surface area contributed by atoms with Crippen LogP contribution in [0.15, 0.2) is 23.1 Å². The fraction of sp³-hybridized carbons (Fsp3) is 0.538. The highest BCUT2D eigenvalue weighted by molar-refractivity contribution is 7.89. The molecule has 7 heteroatoms. The van der Waals surface area contributed by atoms with Crippen molar-refractivity contribution in [2.75, 3.05) is 13.2 Å². The third-order valence-electron chi connectivity index (χ3n) is 3.34. The topological polar surface area (TPSA) is 55.4 Å². The van der Waals surface area contributed by atoms with E-state index >= 15 is 0 Å². The van der Waals surface area contributed by atoms with E-state index in [2.05, 4.69) is 4.72 Å². The van der Waals surface area contributed by atoms with Gasteiger partial charge in [-0.2, -0.15) is 0 Å². The Morgan fingerprint density at radius 1 is 1.40 bits per heavy atom. The summed E-state index contributed by atoms with van der Waals surface area (Å²) in [4.78, 5) is -0.655. The molecule has 1 N–H and O–H groups in total. The monoisotopic (exact) mass is 305 g/mol. The second kappa shape index (κ2) is 6.15. The highest BCUT2D eigenvalue weighted by Gasteiger charge is 2.24. The SMILES string of the molecule is CC1CC(CNS(=O)(=O)c2cc(F)ccc2F)CCO1. The quantitative estimate of drug-likeness (QED) is 0.926. The Morgan fingerprint density at radius 2 is 2.15 bits per heavy atom. The van der Waals surface area contributed by atoms with E-state index in [0.29, 0.717) is 12.7 Å². The number of hydrogen-bond donors (Lipinski definition) is 1. The Labute approximate surface area is 117 Å². The molecule has 2 rings (SSSR count). The van der Waals surface area contributed by atoms with Gasteiger partial charge in [0.15, 0.2) is 0 Å². The first-order chi connectivity index (χ1) is 9.38. The summed E-state index contributed by atoms with van der Waals surface area (Å²) in [5, 5.41) is 0. The van der Waals surface area contributed by atoms with Gasteiger partial charge in [0.05, 0.1) is 6.10 Å². The molecule has 0 bridgehead atoms. The van der Waals surface area contributed by atoms with Crippen molar-refractivity contribution in [3.05, 3.63) is 29.8 Å². The molecule has 0 spiro atoms. The molecule has 0 saturated carbocycles. The normalized spacial score (nSPS) is 23.8. The van der Waals surface area contributed by atoms with Gasteiger partial charge in [0.1, 0.15) is 16.5 Å². The van der Waals surface area contributed by atoms with Crippen molar-refractivity contribution >= 4 is 10.0 Å². The summed E-state index contributed by atoms with van der Waals surface area (Å²) in [6, 6.07) is 2.37. The lowest BCUT2D eigenvalue weighted by Crippen LogP contribution is -2.34. The third-order valence-corrected chi connectivity index (χ3v) is 4.78. The lowest BCUT2D eigenvalue weighted by atomic mass is 9.97. The van der Waals surface area contributed by atoms with Crippen LogP contribution < -0.4 is 4.72 Å². The molecule has 1 saturated heterocycles. The number of halogens is 2. The minimum atomic E-state index is -4.04. The molecule has 4 nitrogen and oxygen atoms in total. The van der Waals surface area contributed by atoms with Gasteiger partial charge >= 0.3 is 0 Å². The van der Waals surface area contributed by atoms with Gasteiger partial charge in [-0.25, -0.2) is 21.9 Å². The van der Waals surface area contributed by atoms with E-state index in [1.165, 1.54) is 0 Å². The van der Waals surface area contributed by atoms with Gasteiger partial charge in [-0.1, -0.05) is 0 Å². The van der Waals surface area contributed by atoms with Crippen molar-refractivity contribution in [1.82, 2.24) is 4.72 Å². The second-order valence-corrected chi connectivity index (χ2v) is 6.73. The maximum atomic E-state index is 13.5. The summed E-state index contributed by atoms with van der Waals surface area (Å²) >= 11 is 0. The van der Waals surface area contributed by atoms with Gasteiger partial charge in [0.2, 0.25) is 10.0 Å². The smallest absolute Gasteiger partial charge is 0.243 e. The number of nitrogens with one attached hydrogen (secondary N) is 1. The Morgan fingerprint density at radius 3 is 2.85 bits per heavy atom. The number of ether oxygens (including phenoxy) is 1. The van der Waals surface area contributed by atoms with Gasteiger partial charge in [-0.3, -0.25) is 0 Å². The fourth-order valence-corrected chi connectivity index (χ4v) is 3.47. The molecule has 1 aliphatic heterocycles. The van der Waals surface area contributed by atoms with Crippen molar-refractivity contribution in [2.45, 2.75) is 30.8 Å². The molecule has 1 fully saturated rings. The Kier molecular flexibility index (Phi) is 4.72. The number of benzene rings is 1. The average Bonchev–Trinajstić information content (AvgIpc) is 2.39. The first kappa shape index (κ1) is 15.3. The summed E-state index contributed by atoms with van der Waals surface area (Å²) in [5.41, 5.74) is 0. The van der Waals surface area contributed by atoms with Crippen LogP contribution in [0.1, 0.15) is 19.8 Å². The predicted octanol–water partition coefficient (Wildman–Crippen LogP) is 2.06. The zero-order chi connectivity index (χ0) is 14.8. The number of sulfonamides is 1. The second-order valence-electron chi connectivity index (χ2n) is 5.00. The molecule has 1 aliphatic rings. The summed E-state index contributed by atoms with van der Waals surface area (Å²) in [7, 11) is -4.04. The van der Waals surface area contributed by atoms with Gasteiger partial charge in [-0.05, 0) is 43.9 Å². The van der Waals surface area contributed by atoms with Crippen molar-refractivity contribution in [2.24, 2.45) is 5.92 Å². The van der Waals surface area contributed by atoms with Crippen LogP contribution in [0.25, 0.3) is 0 Å². The standard InChI is InChI=1S/C13H17F2NO3S/c1-9-6-10(4-5-19-9)8-16-20(17,18)13-7-11(14)2-3-12(13)15/h2-3,7,9-10,16H,4-6,8H2,1H3. The van der Waals surface area contributed by atoms with Crippen LogP contribution >= 0.6 is 0 Å². The molecule has 2 atom stereocenters. The molecule has 0 aromatic heterocycles. The largest absolute Gasteiger partial charge is 0.378 e. The van der Waals surface area contributed by atoms with Gasteiger partial charge in [0, 0.05) is 13.2 Å². The summed E-state index contributed by atoms with van der Waals surface area (Å²) in [6.07, 6.45) is 1.58. The summed E-state index contributed by atoms with van der Waals surface area (Å²) in [6.45, 7) is 2.71. The van der Waals surface area contributed by atoms with Crippen molar-refractivity contribution in [3.8, 4) is 0 Å². The highest BCUT2D eigenvalue weighted by Crippen LogP contribution is 2.21. The van der Waals surface area contributed by atoms with Crippen molar-refractivity contribution < 1.29 is 21.9 Å². The maximum Gasteiger partial charge on any atom is 0.243 e. The minimum absolute atomic E-state index is 0.0872. The molecule has 1 aromatic carbocycles. The van der Waals surface area contributed by atoms with E-state index in [0.717, 1.165) is 25.0 Å². The minimum Gasteiger partial charge on any atom is -0.378 e. The first-order valence-corrected chi connectivity index (χ1v) is 7.93. The van der Waals surface area contributed by atoms with Crippen LogP contribution in [0.5, 0.6) is 0 Å². The summed E-state index contributed by atoms with van der Waals surface area (Å²) in [5.74, 6) is -1.60. The predicted molar refractivity (Wildman–Crippen MR) is 69.7 cm³/mol. The Balaban J connectivity index is 2.05. The summed E-state index contributed by atoms with van der Waals surface area (Å²) < 4.78 is 58.2. The molecule has 20 heavy (non-hydrogen) atoms. The highest BCUT2D eigenvalue weighted by atomic mass is 32.2. The molecule has 1 aromatic rings. The average molecular weight is 305 g/mol. The first-order valence-electron chi connectivity index (χ1n) is 6.45. The zero-order valence-electron chi connectivity index (χ0n) is 11.1. The van der Waals surface area contributed by atoms with Gasteiger partial charge in [-0.15, -0.1) is 0 Å². The maximum absolute atomic E-state index is 13.5. The van der Waals surface area contributed by atoms with Crippen LogP contribution in [-0.4, -0.2) is 27.7 Å². The van der Waals surface area contributed by atoms with E-state index < -0.39 is 26.6 Å². The van der Waals surface area contributed by atoms with Crippen LogP contribution in [-0.2, 0) is 14.8 Å². The van der Waals surface area contributed by atoms with Crippen LogP contribution in [0.2, 0.25) is 0 Å². The third kappa shape index (κ3) is 3.74. The zero-order valence-corrected chi connectivity index (χ0v) is 11.9. The van der Waals surface area contributed by atoms with E-state index in [1.54, 1.807) is 0 Å². The fourth-order valence-electron chi connectivity index (χ4n) is 2.27. The van der Waals surface area contributed by atoms with E-state index in [9.17, 15) is 17.2 Å². The van der Waals surface area contributed by atoms with Crippen molar-refractivity contribution in [3.63, 3.8) is 0 Å². The van der Waals surface area contributed by atoms with Crippen LogP contribution in [0.3, 0.4) is 0 Å². The lowest BCUT2D eigenvalue weighted by Gasteiger charge is -2.27. The molecular weight excluding hydrogens is 288 g/mol. The van der Waals surface area contributed by atoms with Crippen LogP contribution in [0, 0.1) is 17.6 Å². The Bertz CT molecular complexity index is 577. The van der Waals surface area contributed by atoms with Crippen LogP contribution in [0.4, 0.5) is 8.78 Å². The van der Waals surface area contributed by atoms with E-state index in [-0.39, 0.29) is 18.6 Å².